The molecule has 5 heteroatoms. The van der Waals surface area contributed by atoms with Gasteiger partial charge in [0, 0.05) is 24.7 Å². The normalized spacial score (nSPS) is 33.7. The van der Waals surface area contributed by atoms with E-state index in [9.17, 15) is 9.90 Å². The monoisotopic (exact) mass is 310 g/mol. The van der Waals surface area contributed by atoms with Crippen LogP contribution in [0.15, 0.2) is 0 Å². The predicted octanol–water partition coefficient (Wildman–Crippen LogP) is 1.30. The van der Waals surface area contributed by atoms with E-state index in [1.54, 1.807) is 0 Å². The van der Waals surface area contributed by atoms with Crippen LogP contribution in [-0.4, -0.2) is 59.9 Å². The highest BCUT2D eigenvalue weighted by Gasteiger charge is 2.45. The van der Waals surface area contributed by atoms with Crippen LogP contribution in [0.25, 0.3) is 0 Å². The van der Waals surface area contributed by atoms with Gasteiger partial charge in [0.25, 0.3) is 0 Å². The second-order valence-corrected chi connectivity index (χ2v) is 7.25. The molecule has 0 radical (unpaired) electrons. The minimum atomic E-state index is -0.449. The Morgan fingerprint density at radius 1 is 1.23 bits per heavy atom. The Bertz CT molecular complexity index is 389. The zero-order chi connectivity index (χ0) is 15.6. The maximum Gasteiger partial charge on any atom is 0.225 e. The zero-order valence-corrected chi connectivity index (χ0v) is 13.7. The summed E-state index contributed by atoms with van der Waals surface area (Å²) in [4.78, 5) is 15.1. The van der Waals surface area contributed by atoms with Gasteiger partial charge in [-0.3, -0.25) is 9.69 Å². The number of amides is 1. The number of aliphatic hydroxyl groups is 1. The molecule has 1 saturated heterocycles. The van der Waals surface area contributed by atoms with E-state index in [1.165, 1.54) is 12.8 Å². The molecule has 0 aromatic rings. The van der Waals surface area contributed by atoms with Crippen LogP contribution < -0.4 is 5.32 Å². The van der Waals surface area contributed by atoms with Crippen molar-refractivity contribution in [3.8, 4) is 0 Å². The van der Waals surface area contributed by atoms with E-state index in [2.05, 4.69) is 17.1 Å². The van der Waals surface area contributed by atoms with Gasteiger partial charge in [0.2, 0.25) is 5.91 Å². The number of hydrogen-bond donors (Lipinski definition) is 2. The highest BCUT2D eigenvalue weighted by atomic mass is 16.5. The Hall–Kier alpha value is -0.650. The maximum absolute atomic E-state index is 12.5. The molecule has 2 aliphatic carbocycles. The lowest BCUT2D eigenvalue weighted by Gasteiger charge is -2.47. The van der Waals surface area contributed by atoms with Crippen LogP contribution >= 0.6 is 0 Å². The quantitative estimate of drug-likeness (QED) is 0.821. The van der Waals surface area contributed by atoms with Gasteiger partial charge < -0.3 is 15.2 Å². The van der Waals surface area contributed by atoms with Gasteiger partial charge in [0.1, 0.15) is 0 Å². The van der Waals surface area contributed by atoms with Crippen molar-refractivity contribution in [2.45, 2.75) is 69.6 Å². The third kappa shape index (κ3) is 3.03. The Kier molecular flexibility index (Phi) is 5.05. The van der Waals surface area contributed by atoms with E-state index in [-0.39, 0.29) is 23.4 Å². The summed E-state index contributed by atoms with van der Waals surface area (Å²) in [6.45, 7) is 5.67. The van der Waals surface area contributed by atoms with Crippen LogP contribution in [0, 0.1) is 5.92 Å². The van der Waals surface area contributed by atoms with Crippen LogP contribution in [-0.2, 0) is 9.53 Å². The Labute approximate surface area is 133 Å². The number of rotatable bonds is 4. The molecule has 3 fully saturated rings. The van der Waals surface area contributed by atoms with E-state index in [4.69, 9.17) is 4.74 Å². The fraction of sp³-hybridized carbons (Fsp3) is 0.941. The molecule has 22 heavy (non-hydrogen) atoms. The molecule has 0 bridgehead atoms. The Morgan fingerprint density at radius 2 is 1.91 bits per heavy atom. The van der Waals surface area contributed by atoms with Gasteiger partial charge >= 0.3 is 0 Å². The van der Waals surface area contributed by atoms with Crippen molar-refractivity contribution in [1.29, 1.82) is 0 Å². The van der Waals surface area contributed by atoms with Crippen molar-refractivity contribution in [2.24, 2.45) is 5.92 Å². The maximum atomic E-state index is 12.5. The average Bonchev–Trinajstić information content (AvgIpc) is 3.17. The summed E-state index contributed by atoms with van der Waals surface area (Å²) in [5.41, 5.74) is 0.0863. The fourth-order valence-electron chi connectivity index (χ4n) is 4.72. The first-order valence-corrected chi connectivity index (χ1v) is 8.95. The summed E-state index contributed by atoms with van der Waals surface area (Å²) in [7, 11) is 0. The highest BCUT2D eigenvalue weighted by Crippen LogP contribution is 2.39. The molecule has 2 N–H and O–H groups in total. The van der Waals surface area contributed by atoms with Gasteiger partial charge in [0.15, 0.2) is 0 Å². The minimum absolute atomic E-state index is 0.0528. The van der Waals surface area contributed by atoms with Crippen LogP contribution in [0.3, 0.4) is 0 Å². The summed E-state index contributed by atoms with van der Waals surface area (Å²) in [5, 5.41) is 13.2. The van der Waals surface area contributed by atoms with E-state index < -0.39 is 6.10 Å². The molecule has 1 aliphatic heterocycles. The number of ether oxygens (including phenoxy) is 1. The average molecular weight is 310 g/mol. The largest absolute Gasteiger partial charge is 0.392 e. The SMILES string of the molecule is CC(NC(=O)C1CCCC1O)C1(N2CCOCC2)CCCC1. The van der Waals surface area contributed by atoms with E-state index >= 15 is 0 Å². The first-order valence-electron chi connectivity index (χ1n) is 8.95. The van der Waals surface area contributed by atoms with Crippen molar-refractivity contribution < 1.29 is 14.6 Å². The van der Waals surface area contributed by atoms with Crippen molar-refractivity contribution in [3.63, 3.8) is 0 Å². The molecule has 1 heterocycles. The number of aliphatic hydroxyl groups excluding tert-OH is 1. The summed E-state index contributed by atoms with van der Waals surface area (Å²) >= 11 is 0. The number of carbonyl (C=O) groups is 1. The van der Waals surface area contributed by atoms with E-state index in [0.29, 0.717) is 0 Å². The number of nitrogens with zero attached hydrogens (tertiary/aromatic N) is 1. The van der Waals surface area contributed by atoms with Crippen LogP contribution in [0.1, 0.15) is 51.9 Å². The molecule has 3 rings (SSSR count). The number of nitrogens with one attached hydrogen (secondary N) is 1. The van der Waals surface area contributed by atoms with Crippen molar-refractivity contribution >= 4 is 5.91 Å². The Balaban J connectivity index is 1.67. The van der Waals surface area contributed by atoms with Gasteiger partial charge in [-0.25, -0.2) is 0 Å². The van der Waals surface area contributed by atoms with Crippen LogP contribution in [0.4, 0.5) is 0 Å². The lowest BCUT2D eigenvalue weighted by Crippen LogP contribution is -2.62. The predicted molar refractivity (Wildman–Crippen MR) is 84.5 cm³/mol. The van der Waals surface area contributed by atoms with Crippen molar-refractivity contribution in [3.05, 3.63) is 0 Å². The summed E-state index contributed by atoms with van der Waals surface area (Å²) in [5.74, 6) is -0.150. The second-order valence-electron chi connectivity index (χ2n) is 7.25. The standard InChI is InChI=1S/C17H30N2O3/c1-13(18-16(21)14-5-4-6-15(14)20)17(7-2-3-8-17)19-9-11-22-12-10-19/h13-15,20H,2-12H2,1H3,(H,18,21). The van der Waals surface area contributed by atoms with Crippen LogP contribution in [0.2, 0.25) is 0 Å². The molecule has 3 unspecified atom stereocenters. The number of hydrogen-bond acceptors (Lipinski definition) is 4. The topological polar surface area (TPSA) is 61.8 Å². The molecule has 3 aliphatic rings. The van der Waals surface area contributed by atoms with Gasteiger partial charge in [0.05, 0.1) is 25.2 Å². The van der Waals surface area contributed by atoms with Crippen LogP contribution in [0.5, 0.6) is 0 Å². The van der Waals surface area contributed by atoms with Gasteiger partial charge in [-0.15, -0.1) is 0 Å². The van der Waals surface area contributed by atoms with Crippen molar-refractivity contribution in [2.75, 3.05) is 26.3 Å². The fourth-order valence-corrected chi connectivity index (χ4v) is 4.72. The summed E-state index contributed by atoms with van der Waals surface area (Å²) < 4.78 is 5.50. The van der Waals surface area contributed by atoms with Gasteiger partial charge in [-0.1, -0.05) is 12.8 Å². The number of morpholine rings is 1. The van der Waals surface area contributed by atoms with Crippen molar-refractivity contribution in [1.82, 2.24) is 10.2 Å². The number of carbonyl (C=O) groups excluding carboxylic acids is 1. The molecule has 0 spiro atoms. The minimum Gasteiger partial charge on any atom is -0.392 e. The lowest BCUT2D eigenvalue weighted by molar-refractivity contribution is -0.129. The molecule has 1 amide bonds. The first kappa shape index (κ1) is 16.2. The molecule has 0 aromatic heterocycles. The third-order valence-corrected chi connectivity index (χ3v) is 6.09. The molecule has 5 nitrogen and oxygen atoms in total. The molecular formula is C17H30N2O3. The van der Waals surface area contributed by atoms with E-state index in [0.717, 1.165) is 58.4 Å². The zero-order valence-electron chi connectivity index (χ0n) is 13.7. The summed E-state index contributed by atoms with van der Waals surface area (Å²) in [6.07, 6.45) is 6.89. The molecular weight excluding hydrogens is 280 g/mol. The molecule has 126 valence electrons. The first-order chi connectivity index (χ1) is 10.6. The molecule has 2 saturated carbocycles. The summed E-state index contributed by atoms with van der Waals surface area (Å²) in [6, 6.07) is 0.133. The smallest absolute Gasteiger partial charge is 0.225 e. The lowest BCUT2D eigenvalue weighted by atomic mass is 9.86. The van der Waals surface area contributed by atoms with E-state index in [1.807, 2.05) is 0 Å². The van der Waals surface area contributed by atoms with Gasteiger partial charge in [-0.2, -0.15) is 0 Å². The molecule has 3 atom stereocenters. The highest BCUT2D eigenvalue weighted by molar-refractivity contribution is 5.80. The third-order valence-electron chi connectivity index (χ3n) is 6.09. The van der Waals surface area contributed by atoms with Gasteiger partial charge in [-0.05, 0) is 39.0 Å². The molecule has 0 aromatic carbocycles. The second kappa shape index (κ2) is 6.85. The Morgan fingerprint density at radius 3 is 2.50 bits per heavy atom.